The molecule has 6 nitrogen and oxygen atoms in total. The fourth-order valence-corrected chi connectivity index (χ4v) is 5.11. The third-order valence-electron chi connectivity index (χ3n) is 4.70. The van der Waals surface area contributed by atoms with Crippen molar-refractivity contribution in [3.05, 3.63) is 53.6 Å². The van der Waals surface area contributed by atoms with Crippen LogP contribution in [0.5, 0.6) is 0 Å². The van der Waals surface area contributed by atoms with Gasteiger partial charge in [-0.2, -0.15) is 0 Å². The summed E-state index contributed by atoms with van der Waals surface area (Å²) in [6, 6.07) is 12.8. The van der Waals surface area contributed by atoms with Crippen molar-refractivity contribution in [3.8, 4) is 0 Å². The van der Waals surface area contributed by atoms with Gasteiger partial charge in [-0.05, 0) is 44.0 Å². The van der Waals surface area contributed by atoms with E-state index >= 15 is 0 Å². The molecule has 0 unspecified atom stereocenters. The molecule has 1 heterocycles. The highest BCUT2D eigenvalue weighted by atomic mass is 32.2. The molecule has 1 aliphatic heterocycles. The number of sulfone groups is 1. The Morgan fingerprint density at radius 3 is 2.62 bits per heavy atom. The first-order valence-corrected chi connectivity index (χ1v) is 11.9. The number of fused-ring (bicyclic) bond motifs is 1. The number of nitrogens with one attached hydrogen (secondary N) is 2. The molecule has 2 amide bonds. The second kappa shape index (κ2) is 9.00. The summed E-state index contributed by atoms with van der Waals surface area (Å²) in [6.07, 6.45) is 0.588. The van der Waals surface area contributed by atoms with E-state index in [1.807, 2.05) is 31.2 Å². The average molecular weight is 433 g/mol. The summed E-state index contributed by atoms with van der Waals surface area (Å²) in [5, 5.41) is 5.28. The third-order valence-corrected chi connectivity index (χ3v) is 7.59. The molecule has 154 valence electrons. The largest absolute Gasteiger partial charge is 0.356 e. The van der Waals surface area contributed by atoms with E-state index in [0.717, 1.165) is 10.5 Å². The van der Waals surface area contributed by atoms with Gasteiger partial charge in [0.15, 0.2) is 9.84 Å². The fraction of sp³-hybridized carbons (Fsp3) is 0.333. The van der Waals surface area contributed by atoms with Crippen molar-refractivity contribution >= 4 is 39.1 Å². The Labute approximate surface area is 175 Å². The first-order valence-electron chi connectivity index (χ1n) is 9.41. The molecular formula is C21H24N2O4S2. The van der Waals surface area contributed by atoms with Crippen LogP contribution in [0.3, 0.4) is 0 Å². The monoisotopic (exact) mass is 432 g/mol. The highest BCUT2D eigenvalue weighted by Gasteiger charge is 2.25. The third kappa shape index (κ3) is 5.61. The van der Waals surface area contributed by atoms with Gasteiger partial charge in [0.1, 0.15) is 0 Å². The molecule has 0 aromatic heterocycles. The van der Waals surface area contributed by atoms with Crippen LogP contribution in [0.2, 0.25) is 0 Å². The van der Waals surface area contributed by atoms with Gasteiger partial charge in [0, 0.05) is 17.9 Å². The number of thioether (sulfide) groups is 1. The number of amides is 2. The van der Waals surface area contributed by atoms with Crippen LogP contribution in [0.15, 0.2) is 52.3 Å². The van der Waals surface area contributed by atoms with E-state index in [1.54, 1.807) is 13.0 Å². The SMILES string of the molecule is Cc1ccc(CCNC(=O)CCS(=O)(=O)c2ccc3c(c2)NC(=O)[C@H](C)S3)cc1. The molecule has 8 heteroatoms. The first kappa shape index (κ1) is 21.4. The maximum atomic E-state index is 12.6. The van der Waals surface area contributed by atoms with Crippen LogP contribution < -0.4 is 10.6 Å². The van der Waals surface area contributed by atoms with Crippen molar-refractivity contribution in [2.45, 2.75) is 41.7 Å². The summed E-state index contributed by atoms with van der Waals surface area (Å²) in [4.78, 5) is 24.8. The number of rotatable bonds is 7. The molecule has 0 radical (unpaired) electrons. The van der Waals surface area contributed by atoms with Gasteiger partial charge in [-0.3, -0.25) is 9.59 Å². The number of aryl methyl sites for hydroxylation is 1. The van der Waals surface area contributed by atoms with Crippen LogP contribution in [-0.4, -0.2) is 37.8 Å². The summed E-state index contributed by atoms with van der Waals surface area (Å²) in [7, 11) is -3.62. The van der Waals surface area contributed by atoms with Gasteiger partial charge >= 0.3 is 0 Å². The van der Waals surface area contributed by atoms with E-state index in [-0.39, 0.29) is 34.1 Å². The van der Waals surface area contributed by atoms with E-state index in [2.05, 4.69) is 10.6 Å². The van der Waals surface area contributed by atoms with Crippen molar-refractivity contribution in [1.82, 2.24) is 5.32 Å². The normalized spacial score (nSPS) is 16.1. The Bertz CT molecular complexity index is 1020. The van der Waals surface area contributed by atoms with Gasteiger partial charge in [-0.25, -0.2) is 8.42 Å². The van der Waals surface area contributed by atoms with Gasteiger partial charge in [-0.15, -0.1) is 11.8 Å². The minimum absolute atomic E-state index is 0.106. The zero-order valence-corrected chi connectivity index (χ0v) is 18.0. The van der Waals surface area contributed by atoms with Crippen LogP contribution >= 0.6 is 11.8 Å². The van der Waals surface area contributed by atoms with Crippen molar-refractivity contribution in [2.24, 2.45) is 0 Å². The Hall–Kier alpha value is -2.32. The Kier molecular flexibility index (Phi) is 6.64. The van der Waals surface area contributed by atoms with Crippen molar-refractivity contribution in [3.63, 3.8) is 0 Å². The van der Waals surface area contributed by atoms with E-state index in [9.17, 15) is 18.0 Å². The van der Waals surface area contributed by atoms with E-state index in [1.165, 1.54) is 29.5 Å². The molecule has 1 aliphatic rings. The maximum Gasteiger partial charge on any atom is 0.237 e. The molecule has 0 spiro atoms. The summed E-state index contributed by atoms with van der Waals surface area (Å²) in [6.45, 7) is 4.27. The Balaban J connectivity index is 1.53. The molecule has 2 aromatic rings. The number of hydrogen-bond donors (Lipinski definition) is 2. The highest BCUT2D eigenvalue weighted by molar-refractivity contribution is 8.01. The van der Waals surface area contributed by atoms with Crippen LogP contribution in [0, 0.1) is 6.92 Å². The lowest BCUT2D eigenvalue weighted by molar-refractivity contribution is -0.120. The number of benzene rings is 2. The first-order chi connectivity index (χ1) is 13.7. The summed E-state index contributed by atoms with van der Waals surface area (Å²) >= 11 is 1.39. The van der Waals surface area contributed by atoms with E-state index in [0.29, 0.717) is 18.7 Å². The molecule has 3 rings (SSSR count). The topological polar surface area (TPSA) is 92.3 Å². The van der Waals surface area contributed by atoms with E-state index < -0.39 is 9.84 Å². The average Bonchev–Trinajstić information content (AvgIpc) is 2.68. The molecule has 0 fully saturated rings. The number of carbonyl (C=O) groups excluding carboxylic acids is 2. The number of hydrogen-bond acceptors (Lipinski definition) is 5. The molecule has 1 atom stereocenters. The second-order valence-corrected chi connectivity index (χ2v) is 10.6. The van der Waals surface area contributed by atoms with Crippen molar-refractivity contribution in [1.29, 1.82) is 0 Å². The van der Waals surface area contributed by atoms with E-state index in [4.69, 9.17) is 0 Å². The lowest BCUT2D eigenvalue weighted by Crippen LogP contribution is -2.28. The van der Waals surface area contributed by atoms with Gasteiger partial charge < -0.3 is 10.6 Å². The predicted octanol–water partition coefficient (Wildman–Crippen LogP) is 2.95. The predicted molar refractivity (Wildman–Crippen MR) is 115 cm³/mol. The highest BCUT2D eigenvalue weighted by Crippen LogP contribution is 2.36. The molecule has 2 N–H and O–H groups in total. The molecule has 0 aliphatic carbocycles. The quantitative estimate of drug-likeness (QED) is 0.702. The minimum atomic E-state index is -3.62. The molecule has 2 aromatic carbocycles. The van der Waals surface area contributed by atoms with Crippen molar-refractivity contribution in [2.75, 3.05) is 17.6 Å². The Morgan fingerprint density at radius 1 is 1.17 bits per heavy atom. The number of anilines is 1. The minimum Gasteiger partial charge on any atom is -0.356 e. The van der Waals surface area contributed by atoms with Crippen LogP contribution in [0.25, 0.3) is 0 Å². The summed E-state index contributed by atoms with van der Waals surface area (Å²) < 4.78 is 25.2. The zero-order chi connectivity index (χ0) is 21.0. The van der Waals surface area contributed by atoms with Crippen LogP contribution in [-0.2, 0) is 25.8 Å². The van der Waals surface area contributed by atoms with Gasteiger partial charge in [0.05, 0.1) is 21.6 Å². The van der Waals surface area contributed by atoms with Gasteiger partial charge in [-0.1, -0.05) is 29.8 Å². The zero-order valence-electron chi connectivity index (χ0n) is 16.4. The number of carbonyl (C=O) groups is 2. The molecule has 0 saturated carbocycles. The van der Waals surface area contributed by atoms with Crippen LogP contribution in [0.1, 0.15) is 24.5 Å². The lowest BCUT2D eigenvalue weighted by Gasteiger charge is -2.21. The lowest BCUT2D eigenvalue weighted by atomic mass is 10.1. The standard InChI is InChI=1S/C21H24N2O4S2/c1-14-3-5-16(6-4-14)9-11-22-20(24)10-12-29(26,27)17-7-8-19-18(13-17)23-21(25)15(2)28-19/h3-8,13,15H,9-12H2,1-2H3,(H,22,24)(H,23,25)/t15-/m0/s1. The maximum absolute atomic E-state index is 12.6. The Morgan fingerprint density at radius 2 is 1.90 bits per heavy atom. The second-order valence-electron chi connectivity index (χ2n) is 7.06. The molecular weight excluding hydrogens is 408 g/mol. The fourth-order valence-electron chi connectivity index (χ4n) is 2.92. The van der Waals surface area contributed by atoms with Gasteiger partial charge in [0.2, 0.25) is 11.8 Å². The molecule has 0 saturated heterocycles. The summed E-state index contributed by atoms with van der Waals surface area (Å²) in [5.41, 5.74) is 2.80. The van der Waals surface area contributed by atoms with Crippen molar-refractivity contribution < 1.29 is 18.0 Å². The van der Waals surface area contributed by atoms with Gasteiger partial charge in [0.25, 0.3) is 0 Å². The van der Waals surface area contributed by atoms with Crippen LogP contribution in [0.4, 0.5) is 5.69 Å². The molecule has 0 bridgehead atoms. The molecule has 29 heavy (non-hydrogen) atoms. The summed E-state index contributed by atoms with van der Waals surface area (Å²) in [5.74, 6) is -0.721. The smallest absolute Gasteiger partial charge is 0.237 e.